The van der Waals surface area contributed by atoms with Crippen molar-refractivity contribution < 1.29 is 66.2 Å². The second-order valence-electron chi connectivity index (χ2n) is 4.03. The zero-order valence-electron chi connectivity index (χ0n) is 9.70. The van der Waals surface area contributed by atoms with Gasteiger partial charge in [0.25, 0.3) is 0 Å². The molecular weight excluding hydrogens is 378 g/mol. The van der Waals surface area contributed by atoms with Crippen LogP contribution in [0.1, 0.15) is 0 Å². The highest BCUT2D eigenvalue weighted by Gasteiger charge is 2.84. The number of hydrogen-bond acceptors (Lipinski definition) is 1. The number of halogens is 14. The normalized spacial score (nSPS) is 31.0. The maximum absolute atomic E-state index is 13.4. The Morgan fingerprint density at radius 1 is 0.522 bits per heavy atom. The van der Waals surface area contributed by atoms with Gasteiger partial charge in [0.1, 0.15) is 11.1 Å². The van der Waals surface area contributed by atoms with E-state index in [9.17, 15) is 61.5 Å². The van der Waals surface area contributed by atoms with Crippen LogP contribution >= 0.6 is 0 Å². The highest BCUT2D eigenvalue weighted by Crippen LogP contribution is 2.63. The van der Waals surface area contributed by atoms with E-state index in [1.165, 1.54) is 0 Å². The molecule has 2 atom stereocenters. The average molecular weight is 378 g/mol. The zero-order chi connectivity index (χ0) is 18.9. The Labute approximate surface area is 115 Å². The van der Waals surface area contributed by atoms with Crippen LogP contribution in [0.2, 0.25) is 0 Å². The van der Waals surface area contributed by atoms with Crippen molar-refractivity contribution in [2.75, 3.05) is 0 Å². The van der Waals surface area contributed by atoms with Gasteiger partial charge >= 0.3 is 36.4 Å². The molecule has 0 saturated carbocycles. The molecule has 0 radical (unpaired) electrons. The highest BCUT2D eigenvalue weighted by molar-refractivity contribution is 5.41. The molecule has 1 aliphatic heterocycles. The van der Waals surface area contributed by atoms with Crippen molar-refractivity contribution in [2.24, 2.45) is 0 Å². The molecule has 1 heterocycles. The number of rotatable bonds is 0. The number of hydrogen-bond donors (Lipinski definition) is 0. The van der Waals surface area contributed by atoms with E-state index in [1.807, 2.05) is 4.74 Å². The van der Waals surface area contributed by atoms with Crippen molar-refractivity contribution in [1.82, 2.24) is 0 Å². The lowest BCUT2D eigenvalue weighted by Gasteiger charge is -2.30. The SMILES string of the molecule is FC(F)(F)C1=C(C(F)(F)F)C(F)(C(F)(F)F)OC1(F)C(F)(F)F. The lowest BCUT2D eigenvalue weighted by molar-refractivity contribution is -0.404. The summed E-state index contributed by atoms with van der Waals surface area (Å²) in [6, 6.07) is 0. The van der Waals surface area contributed by atoms with E-state index in [2.05, 4.69) is 0 Å². The molecule has 0 aliphatic carbocycles. The molecule has 23 heavy (non-hydrogen) atoms. The Bertz CT molecular complexity index is 471. The quantitative estimate of drug-likeness (QED) is 0.431. The summed E-state index contributed by atoms with van der Waals surface area (Å²) in [7, 11) is 0. The minimum absolute atomic E-state index is 2.05. The molecule has 136 valence electrons. The fraction of sp³-hybridized carbons (Fsp3) is 0.750. The van der Waals surface area contributed by atoms with Crippen LogP contribution in [0.5, 0.6) is 0 Å². The topological polar surface area (TPSA) is 9.23 Å². The van der Waals surface area contributed by atoms with E-state index in [-0.39, 0.29) is 0 Å². The molecule has 15 heteroatoms. The largest absolute Gasteiger partial charge is 0.453 e. The Morgan fingerprint density at radius 2 is 0.739 bits per heavy atom. The first kappa shape index (κ1) is 19.8. The summed E-state index contributed by atoms with van der Waals surface area (Å²) < 4.78 is 177. The molecule has 0 fully saturated rings. The van der Waals surface area contributed by atoms with E-state index in [0.29, 0.717) is 0 Å². The van der Waals surface area contributed by atoms with Gasteiger partial charge in [0, 0.05) is 0 Å². The molecule has 0 aromatic rings. The molecule has 0 saturated heterocycles. The maximum atomic E-state index is 13.4. The van der Waals surface area contributed by atoms with Gasteiger partial charge in [-0.25, -0.2) is 0 Å². The van der Waals surface area contributed by atoms with Crippen LogP contribution in [-0.2, 0) is 4.74 Å². The zero-order valence-corrected chi connectivity index (χ0v) is 9.70. The maximum Gasteiger partial charge on any atom is 0.453 e. The summed E-state index contributed by atoms with van der Waals surface area (Å²) in [5.74, 6) is -13.4. The standard InChI is InChI=1S/C8F14O/c9-3(7(17,18)19)1(5(11,12)13)2(6(14,15)16)4(10,23-3)8(20,21)22. The van der Waals surface area contributed by atoms with Crippen molar-refractivity contribution >= 4 is 0 Å². The first-order valence-corrected chi connectivity index (χ1v) is 4.80. The van der Waals surface area contributed by atoms with E-state index in [4.69, 9.17) is 0 Å². The van der Waals surface area contributed by atoms with Crippen LogP contribution in [-0.4, -0.2) is 36.4 Å². The molecule has 0 bridgehead atoms. The minimum atomic E-state index is -7.09. The van der Waals surface area contributed by atoms with Crippen LogP contribution in [0.4, 0.5) is 61.5 Å². The molecule has 0 spiro atoms. The molecule has 1 nitrogen and oxygen atoms in total. The van der Waals surface area contributed by atoms with Crippen LogP contribution in [0.15, 0.2) is 11.1 Å². The van der Waals surface area contributed by atoms with Gasteiger partial charge in [-0.05, 0) is 0 Å². The fourth-order valence-electron chi connectivity index (χ4n) is 1.66. The van der Waals surface area contributed by atoms with Crippen LogP contribution in [0.3, 0.4) is 0 Å². The highest BCUT2D eigenvalue weighted by atomic mass is 19.4. The van der Waals surface area contributed by atoms with Crippen LogP contribution in [0.25, 0.3) is 0 Å². The van der Waals surface area contributed by atoms with Gasteiger partial charge in [0.2, 0.25) is 0 Å². The first-order valence-electron chi connectivity index (χ1n) is 4.80. The van der Waals surface area contributed by atoms with Crippen LogP contribution in [0, 0.1) is 0 Å². The summed E-state index contributed by atoms with van der Waals surface area (Å²) in [6.07, 6.45) is -28.1. The average Bonchev–Trinajstić information content (AvgIpc) is 2.45. The van der Waals surface area contributed by atoms with Crippen molar-refractivity contribution in [3.8, 4) is 0 Å². The third kappa shape index (κ3) is 2.82. The Hall–Kier alpha value is -1.28. The summed E-state index contributed by atoms with van der Waals surface area (Å²) >= 11 is 0. The van der Waals surface area contributed by atoms with Gasteiger partial charge in [-0.15, -0.1) is 0 Å². The fourth-order valence-corrected chi connectivity index (χ4v) is 1.66. The Kier molecular flexibility index (Phi) is 3.98. The second-order valence-corrected chi connectivity index (χ2v) is 4.03. The van der Waals surface area contributed by atoms with Crippen molar-refractivity contribution in [3.05, 3.63) is 11.1 Å². The van der Waals surface area contributed by atoms with Gasteiger partial charge in [-0.1, -0.05) is 0 Å². The summed E-state index contributed by atoms with van der Waals surface area (Å²) in [5, 5.41) is 0. The van der Waals surface area contributed by atoms with Gasteiger partial charge in [-0.2, -0.15) is 61.5 Å². The van der Waals surface area contributed by atoms with Crippen molar-refractivity contribution in [3.63, 3.8) is 0 Å². The molecule has 0 aromatic heterocycles. The van der Waals surface area contributed by atoms with Gasteiger partial charge in [-0.3, -0.25) is 4.74 Å². The monoisotopic (exact) mass is 378 g/mol. The predicted molar refractivity (Wildman–Crippen MR) is 40.0 cm³/mol. The molecule has 1 rings (SSSR count). The van der Waals surface area contributed by atoms with E-state index in [1.54, 1.807) is 0 Å². The van der Waals surface area contributed by atoms with Gasteiger partial charge in [0.15, 0.2) is 0 Å². The molecule has 1 aliphatic rings. The third-order valence-electron chi connectivity index (χ3n) is 2.47. The molecule has 0 aromatic carbocycles. The third-order valence-corrected chi connectivity index (χ3v) is 2.47. The van der Waals surface area contributed by atoms with E-state index >= 15 is 0 Å². The van der Waals surface area contributed by atoms with E-state index < -0.39 is 47.6 Å². The van der Waals surface area contributed by atoms with Gasteiger partial charge < -0.3 is 0 Å². The summed E-state index contributed by atoms with van der Waals surface area (Å²) in [5.41, 5.74) is -9.02. The first-order chi connectivity index (χ1) is 9.70. The van der Waals surface area contributed by atoms with Crippen LogP contribution < -0.4 is 0 Å². The molecule has 0 amide bonds. The Morgan fingerprint density at radius 3 is 0.870 bits per heavy atom. The van der Waals surface area contributed by atoms with E-state index in [0.717, 1.165) is 0 Å². The van der Waals surface area contributed by atoms with Crippen molar-refractivity contribution in [2.45, 2.75) is 36.4 Å². The molecule has 2 unspecified atom stereocenters. The minimum Gasteiger partial charge on any atom is -0.286 e. The lowest BCUT2D eigenvalue weighted by atomic mass is 9.97. The molecule has 0 N–H and O–H groups in total. The second kappa shape index (κ2) is 4.63. The summed E-state index contributed by atoms with van der Waals surface area (Å²) in [6.45, 7) is 0. The molecular formula is C8F14O. The number of ether oxygens (including phenoxy) is 1. The number of alkyl halides is 14. The van der Waals surface area contributed by atoms with Gasteiger partial charge in [0.05, 0.1) is 0 Å². The Balaban J connectivity index is 3.98. The summed E-state index contributed by atoms with van der Waals surface area (Å²) in [4.78, 5) is 0. The predicted octanol–water partition coefficient (Wildman–Crippen LogP) is 4.89. The van der Waals surface area contributed by atoms with Crippen molar-refractivity contribution in [1.29, 1.82) is 0 Å². The lowest BCUT2D eigenvalue weighted by Crippen LogP contribution is -2.52. The smallest absolute Gasteiger partial charge is 0.286 e.